The smallest absolute Gasteiger partial charge is 0.0540 e. The van der Waals surface area contributed by atoms with Gasteiger partial charge in [0.05, 0.1) is 5.69 Å². The number of benzene rings is 20. The summed E-state index contributed by atoms with van der Waals surface area (Å²) < 4.78 is 0. The van der Waals surface area contributed by atoms with Crippen molar-refractivity contribution >= 4 is 66.4 Å². The van der Waals surface area contributed by atoms with Crippen LogP contribution in [0.15, 0.2) is 473 Å². The van der Waals surface area contributed by atoms with Crippen molar-refractivity contribution in [3.05, 3.63) is 473 Å². The zero-order valence-electron chi connectivity index (χ0n) is 63.9. The molecule has 0 unspecified atom stereocenters. The minimum atomic E-state index is 1.05. The molecule has 0 radical (unpaired) electrons. The van der Waals surface area contributed by atoms with Crippen LogP contribution in [0.3, 0.4) is 0 Å². The number of nitrogens with zero attached hydrogens (tertiary/aromatic N) is 2. The van der Waals surface area contributed by atoms with E-state index in [4.69, 9.17) is 0 Å². The Morgan fingerprint density at radius 2 is 0.422 bits per heavy atom. The lowest BCUT2D eigenvalue weighted by Gasteiger charge is -2.29. The summed E-state index contributed by atoms with van der Waals surface area (Å²) in [5, 5.41) is 7.34. The highest BCUT2D eigenvalue weighted by Gasteiger charge is 2.23. The lowest BCUT2D eigenvalue weighted by atomic mass is 9.89. The molecule has 2 nitrogen and oxygen atoms in total. The van der Waals surface area contributed by atoms with Crippen LogP contribution in [0.2, 0.25) is 0 Å². The lowest BCUT2D eigenvalue weighted by molar-refractivity contribution is 1.28. The largest absolute Gasteiger partial charge is 0.310 e. The monoisotopic (exact) mass is 1470 g/mol. The first-order valence-electron chi connectivity index (χ1n) is 39.9. The molecular weight excluding hydrogens is 1400 g/mol. The third-order valence-corrected chi connectivity index (χ3v) is 22.9. The maximum Gasteiger partial charge on any atom is 0.0540 e. The van der Waals surface area contributed by atoms with Gasteiger partial charge in [0.25, 0.3) is 0 Å². The second-order valence-electron chi connectivity index (χ2n) is 29.9. The summed E-state index contributed by atoms with van der Waals surface area (Å²) in [6.45, 7) is 0. The number of rotatable bonds is 18. The molecule has 0 amide bonds. The Bertz CT molecular complexity index is 6940. The van der Waals surface area contributed by atoms with Crippen molar-refractivity contribution in [2.75, 3.05) is 9.80 Å². The van der Waals surface area contributed by atoms with Gasteiger partial charge in [0.2, 0.25) is 0 Å². The minimum Gasteiger partial charge on any atom is -0.310 e. The zero-order chi connectivity index (χ0) is 77.1. The number of hydrogen-bond donors (Lipinski definition) is 0. The van der Waals surface area contributed by atoms with Gasteiger partial charge in [0.1, 0.15) is 0 Å². The van der Waals surface area contributed by atoms with Crippen molar-refractivity contribution in [2.45, 2.75) is 0 Å². The van der Waals surface area contributed by atoms with E-state index in [0.717, 1.165) is 106 Å². The second kappa shape index (κ2) is 31.2. The quantitative estimate of drug-likeness (QED) is 0.0845. The van der Waals surface area contributed by atoms with Crippen LogP contribution in [0.5, 0.6) is 0 Å². The highest BCUT2D eigenvalue weighted by Crippen LogP contribution is 2.48. The van der Waals surface area contributed by atoms with Gasteiger partial charge < -0.3 is 9.80 Å². The Kier molecular flexibility index (Phi) is 18.8. The van der Waals surface area contributed by atoms with Gasteiger partial charge in [0, 0.05) is 34.0 Å². The molecule has 0 aliphatic heterocycles. The van der Waals surface area contributed by atoms with E-state index in [1.165, 1.54) is 93.5 Å². The fourth-order valence-electron chi connectivity index (χ4n) is 17.1. The molecule has 0 aromatic heterocycles. The minimum absolute atomic E-state index is 1.05. The summed E-state index contributed by atoms with van der Waals surface area (Å²) >= 11 is 0. The van der Waals surface area contributed by atoms with Gasteiger partial charge >= 0.3 is 0 Å². The molecule has 544 valence electrons. The Morgan fingerprint density at radius 1 is 0.121 bits per heavy atom. The molecule has 20 rings (SSSR count). The van der Waals surface area contributed by atoms with Crippen molar-refractivity contribution in [3.8, 4) is 134 Å². The molecule has 0 heterocycles. The van der Waals surface area contributed by atoms with Crippen LogP contribution >= 0.6 is 0 Å². The Hall–Kier alpha value is -15.2. The fraction of sp³-hybridized carbons (Fsp3) is 0. The van der Waals surface area contributed by atoms with Crippen LogP contribution in [0, 0.1) is 0 Å². The van der Waals surface area contributed by atoms with Crippen LogP contribution in [0.1, 0.15) is 0 Å². The Morgan fingerprint density at radius 3 is 0.931 bits per heavy atom. The standard InChI is InChI=1S/C114H78N2/c1-6-25-79(26-7-1)98-60-72-112(111(78-98)86-34-14-5-15-35-86)116(103-67-55-90(56-68-103)114-107-46-21-19-37-88(107)58-71-109(114)84-30-10-3-11-31-84)102-63-51-81(52-64-102)92-39-22-40-93(73-92)94-41-23-43-99(75-94)105-69-59-97(77-110(105)85-32-12-4-13-33-85)82-49-61-100(62-50-82)115(104-44-24-42-95(76-104)96-48-47-80-27-16-17-38-91(80)74-96)101-65-53-89(54-66-101)113-106-45-20-18-36-87(106)57-70-108(113)83-28-8-2-9-29-83/h1-78H. The molecular formula is C114H78N2. The van der Waals surface area contributed by atoms with Gasteiger partial charge in [-0.1, -0.05) is 376 Å². The average molecular weight is 1480 g/mol. The molecule has 0 saturated heterocycles. The molecule has 0 N–H and O–H groups in total. The molecule has 0 atom stereocenters. The third-order valence-electron chi connectivity index (χ3n) is 22.9. The molecule has 20 aromatic rings. The van der Waals surface area contributed by atoms with Crippen LogP contribution in [0.4, 0.5) is 34.1 Å². The Balaban J connectivity index is 0.627. The number of hydrogen-bond acceptors (Lipinski definition) is 2. The topological polar surface area (TPSA) is 6.48 Å². The fourth-order valence-corrected chi connectivity index (χ4v) is 17.1. The first-order valence-corrected chi connectivity index (χ1v) is 39.9. The van der Waals surface area contributed by atoms with E-state index >= 15 is 0 Å². The first-order chi connectivity index (χ1) is 57.5. The van der Waals surface area contributed by atoms with E-state index in [0.29, 0.717) is 0 Å². The highest BCUT2D eigenvalue weighted by molar-refractivity contribution is 6.07. The third kappa shape index (κ3) is 13.9. The molecule has 0 aliphatic rings. The summed E-state index contributed by atoms with van der Waals surface area (Å²) in [5.74, 6) is 0. The summed E-state index contributed by atoms with van der Waals surface area (Å²) in [6.07, 6.45) is 0. The maximum atomic E-state index is 2.43. The molecule has 0 fully saturated rings. The Labute approximate surface area is 678 Å². The molecule has 0 bridgehead atoms. The average Bonchev–Trinajstić information content (AvgIpc) is 0.766. The van der Waals surface area contributed by atoms with Crippen LogP contribution in [-0.4, -0.2) is 0 Å². The zero-order valence-corrected chi connectivity index (χ0v) is 63.9. The summed E-state index contributed by atoms with van der Waals surface area (Å²) in [4.78, 5) is 4.83. The van der Waals surface area contributed by atoms with Gasteiger partial charge in [-0.05, 0) is 257 Å². The van der Waals surface area contributed by atoms with Crippen molar-refractivity contribution in [3.63, 3.8) is 0 Å². The summed E-state index contributed by atoms with van der Waals surface area (Å²) in [5.41, 5.74) is 34.4. The highest BCUT2D eigenvalue weighted by atomic mass is 15.1. The van der Waals surface area contributed by atoms with Crippen LogP contribution in [0.25, 0.3) is 166 Å². The van der Waals surface area contributed by atoms with E-state index in [2.05, 4.69) is 483 Å². The molecule has 116 heavy (non-hydrogen) atoms. The molecule has 0 aliphatic carbocycles. The van der Waals surface area contributed by atoms with Gasteiger partial charge in [0.15, 0.2) is 0 Å². The van der Waals surface area contributed by atoms with E-state index in [1.807, 2.05) is 0 Å². The lowest BCUT2D eigenvalue weighted by Crippen LogP contribution is -2.11. The van der Waals surface area contributed by atoms with Crippen molar-refractivity contribution in [1.29, 1.82) is 0 Å². The van der Waals surface area contributed by atoms with E-state index < -0.39 is 0 Å². The van der Waals surface area contributed by atoms with E-state index in [1.54, 1.807) is 0 Å². The van der Waals surface area contributed by atoms with Gasteiger partial charge in [-0.3, -0.25) is 0 Å². The van der Waals surface area contributed by atoms with Gasteiger partial charge in [-0.25, -0.2) is 0 Å². The summed E-state index contributed by atoms with van der Waals surface area (Å²) in [7, 11) is 0. The predicted octanol–water partition coefficient (Wildman–Crippen LogP) is 32.1. The van der Waals surface area contributed by atoms with Gasteiger partial charge in [-0.15, -0.1) is 0 Å². The van der Waals surface area contributed by atoms with Crippen molar-refractivity contribution in [1.82, 2.24) is 0 Å². The normalized spacial score (nSPS) is 11.3. The number of fused-ring (bicyclic) bond motifs is 3. The van der Waals surface area contributed by atoms with Gasteiger partial charge in [-0.2, -0.15) is 0 Å². The predicted molar refractivity (Wildman–Crippen MR) is 494 cm³/mol. The first kappa shape index (κ1) is 69.9. The number of anilines is 6. The molecule has 20 aromatic carbocycles. The van der Waals surface area contributed by atoms with E-state index in [-0.39, 0.29) is 0 Å². The van der Waals surface area contributed by atoms with Crippen LogP contribution < -0.4 is 9.80 Å². The van der Waals surface area contributed by atoms with E-state index in [9.17, 15) is 0 Å². The van der Waals surface area contributed by atoms with Crippen molar-refractivity contribution < 1.29 is 0 Å². The molecule has 0 saturated carbocycles. The van der Waals surface area contributed by atoms with Crippen molar-refractivity contribution in [2.24, 2.45) is 0 Å². The maximum absolute atomic E-state index is 2.43. The molecule has 0 spiro atoms. The SMILES string of the molecule is c1ccc(-c2ccc(N(c3ccc(-c4cccc(-c5cccc(-c6ccc(-c7ccc(N(c8ccc(-c9c(-c%10ccccc%10)ccc%10ccccc9%10)cc8)c8cccc(-c9ccc%10ccccc%10c9)c8)cc7)cc6-c6ccccc6)c5)c4)cc3)c3ccc(-c4c(-c5ccccc5)ccc5ccccc45)cc3)c(-c3ccccc3)c2)cc1. The molecule has 2 heteroatoms. The summed E-state index contributed by atoms with van der Waals surface area (Å²) in [6, 6.07) is 173. The second-order valence-corrected chi connectivity index (χ2v) is 29.9. The van der Waals surface area contributed by atoms with Crippen LogP contribution in [-0.2, 0) is 0 Å².